The molecule has 1 fully saturated rings. The Morgan fingerprint density at radius 3 is 2.32 bits per heavy atom. The minimum absolute atomic E-state index is 0.172. The van der Waals surface area contributed by atoms with Gasteiger partial charge in [0.25, 0.3) is 0 Å². The molecule has 4 rings (SSSR count). The second kappa shape index (κ2) is 10.4. The molecule has 0 amide bonds. The molecule has 0 unspecified atom stereocenters. The van der Waals surface area contributed by atoms with Crippen LogP contribution in [-0.4, -0.2) is 46.5 Å². The van der Waals surface area contributed by atoms with Crippen LogP contribution in [0.3, 0.4) is 0 Å². The molecule has 9 nitrogen and oxygen atoms in total. The minimum atomic E-state index is -0.484. The first-order chi connectivity index (χ1) is 17.7. The number of methoxy groups -OCH3 is 1. The number of nitrogens with two attached hydrogens (primary N) is 1. The maximum Gasteiger partial charge on any atom is 0.316 e. The van der Waals surface area contributed by atoms with Gasteiger partial charge in [0, 0.05) is 25.0 Å². The van der Waals surface area contributed by atoms with Crippen LogP contribution in [0.25, 0.3) is 16.7 Å². The zero-order valence-electron chi connectivity index (χ0n) is 21.8. The van der Waals surface area contributed by atoms with Crippen molar-refractivity contribution in [3.8, 4) is 17.0 Å². The molecule has 1 aliphatic rings. The van der Waals surface area contributed by atoms with Crippen molar-refractivity contribution in [3.63, 3.8) is 0 Å². The van der Waals surface area contributed by atoms with Crippen molar-refractivity contribution in [2.24, 2.45) is 10.7 Å². The van der Waals surface area contributed by atoms with E-state index in [-0.39, 0.29) is 5.97 Å². The zero-order valence-corrected chi connectivity index (χ0v) is 21.8. The minimum Gasteiger partial charge on any atom is -0.471 e. The van der Waals surface area contributed by atoms with Crippen molar-refractivity contribution < 1.29 is 14.3 Å². The lowest BCUT2D eigenvalue weighted by Crippen LogP contribution is -2.24. The first kappa shape index (κ1) is 25.8. The fourth-order valence-electron chi connectivity index (χ4n) is 4.06. The normalized spacial score (nSPS) is 15.2. The summed E-state index contributed by atoms with van der Waals surface area (Å²) in [5, 5.41) is 3.16. The summed E-state index contributed by atoms with van der Waals surface area (Å²) in [5.41, 5.74) is 9.27. The second-order valence-electron chi connectivity index (χ2n) is 9.82. The number of anilines is 1. The van der Waals surface area contributed by atoms with E-state index in [1.807, 2.05) is 57.2 Å². The Morgan fingerprint density at radius 1 is 1.08 bits per heavy atom. The number of amidine groups is 1. The zero-order chi connectivity index (χ0) is 26.6. The molecule has 3 N–H and O–H groups in total. The van der Waals surface area contributed by atoms with Crippen molar-refractivity contribution in [2.45, 2.75) is 44.6 Å². The molecule has 3 aromatic rings. The number of hydrogen-bond acceptors (Lipinski definition) is 8. The fraction of sp³-hybridized carbons (Fsp3) is 0.321. The fourth-order valence-corrected chi connectivity index (χ4v) is 4.06. The largest absolute Gasteiger partial charge is 0.471 e. The monoisotopic (exact) mass is 500 g/mol. The molecule has 1 aliphatic carbocycles. The van der Waals surface area contributed by atoms with Gasteiger partial charge in [-0.05, 0) is 50.8 Å². The predicted molar refractivity (Wildman–Crippen MR) is 144 cm³/mol. The van der Waals surface area contributed by atoms with E-state index in [9.17, 15) is 4.79 Å². The Morgan fingerprint density at radius 2 is 1.78 bits per heavy atom. The van der Waals surface area contributed by atoms with Crippen molar-refractivity contribution in [1.29, 1.82) is 0 Å². The van der Waals surface area contributed by atoms with E-state index in [0.717, 1.165) is 29.5 Å². The van der Waals surface area contributed by atoms with Crippen LogP contribution in [0.1, 0.15) is 44.9 Å². The highest BCUT2D eigenvalue weighted by molar-refractivity contribution is 6.27. The molecule has 0 radical (unpaired) electrons. The molecule has 0 aliphatic heterocycles. The van der Waals surface area contributed by atoms with Gasteiger partial charge in [-0.15, -0.1) is 0 Å². The lowest BCUT2D eigenvalue weighted by Gasteiger charge is -2.20. The number of nitrogens with zero attached hydrogens (tertiary/aromatic N) is 4. The molecular formula is C28H32N6O3. The summed E-state index contributed by atoms with van der Waals surface area (Å²) in [6, 6.07) is 11.8. The summed E-state index contributed by atoms with van der Waals surface area (Å²) >= 11 is 0. The summed E-state index contributed by atoms with van der Waals surface area (Å²) in [6.07, 6.45) is 8.02. The molecule has 0 bridgehead atoms. The van der Waals surface area contributed by atoms with Gasteiger partial charge < -0.3 is 20.5 Å². The number of hydrogen-bond donors (Lipinski definition) is 2. The number of ether oxygens (including phenoxy) is 2. The smallest absolute Gasteiger partial charge is 0.316 e. The van der Waals surface area contributed by atoms with Gasteiger partial charge in [0.05, 0.1) is 36.2 Å². The van der Waals surface area contributed by atoms with Gasteiger partial charge >= 0.3 is 5.97 Å². The Bertz CT molecular complexity index is 1320. The van der Waals surface area contributed by atoms with Crippen LogP contribution in [0.4, 0.5) is 5.82 Å². The summed E-state index contributed by atoms with van der Waals surface area (Å²) in [6.45, 7) is 5.83. The molecule has 0 saturated heterocycles. The van der Waals surface area contributed by atoms with Crippen LogP contribution >= 0.6 is 0 Å². The summed E-state index contributed by atoms with van der Waals surface area (Å²) < 4.78 is 10.8. The summed E-state index contributed by atoms with van der Waals surface area (Å²) in [7, 11) is 3.09. The van der Waals surface area contributed by atoms with Crippen LogP contribution in [0.5, 0.6) is 5.88 Å². The number of esters is 1. The van der Waals surface area contributed by atoms with Crippen LogP contribution < -0.4 is 15.8 Å². The highest BCUT2D eigenvalue weighted by Crippen LogP contribution is 2.49. The molecule has 2 heterocycles. The van der Waals surface area contributed by atoms with E-state index in [4.69, 9.17) is 15.2 Å². The number of rotatable bonds is 7. The number of carbonyl (C=O) groups is 1. The van der Waals surface area contributed by atoms with Gasteiger partial charge in [-0.2, -0.15) is 4.98 Å². The summed E-state index contributed by atoms with van der Waals surface area (Å²) in [4.78, 5) is 29.8. The maximum atomic E-state index is 12.2. The Hall–Kier alpha value is -4.27. The maximum absolute atomic E-state index is 12.2. The first-order valence-corrected chi connectivity index (χ1v) is 12.0. The standard InChI is InChI=1S/C28H32N6O3/c1-27(2,3)37-24-17-31-16-23(33-24)34-25(30-4)21(14-29)22-11-8-19(15-32-22)18-6-9-20(10-7-18)28(12-13-28)26(35)36-5/h6-11,14-17H,12-13,29H2,1-5H3,(H,30,33,34). The molecular weight excluding hydrogens is 468 g/mol. The molecule has 1 aromatic carbocycles. The summed E-state index contributed by atoms with van der Waals surface area (Å²) in [5.74, 6) is 1.19. The van der Waals surface area contributed by atoms with E-state index in [2.05, 4.69) is 25.3 Å². The average Bonchev–Trinajstić information content (AvgIpc) is 3.70. The molecule has 0 spiro atoms. The number of carbonyl (C=O) groups excluding carboxylic acids is 1. The van der Waals surface area contributed by atoms with Crippen molar-refractivity contribution in [1.82, 2.24) is 15.0 Å². The lowest BCUT2D eigenvalue weighted by atomic mass is 9.94. The molecule has 2 aromatic heterocycles. The van der Waals surface area contributed by atoms with E-state index in [1.54, 1.807) is 25.6 Å². The number of aromatic nitrogens is 3. The SMILES string of the molecule is CN=C(Nc1cncc(OC(C)(C)C)n1)C(=CN)c1ccc(-c2ccc(C3(C(=O)OC)CC3)cc2)cn1. The van der Waals surface area contributed by atoms with Crippen LogP contribution in [0.15, 0.2) is 66.2 Å². The second-order valence-corrected chi connectivity index (χ2v) is 9.82. The van der Waals surface area contributed by atoms with Crippen molar-refractivity contribution in [2.75, 3.05) is 19.5 Å². The Balaban J connectivity index is 1.50. The average molecular weight is 501 g/mol. The molecule has 192 valence electrons. The van der Waals surface area contributed by atoms with E-state index < -0.39 is 11.0 Å². The molecule has 9 heteroatoms. The van der Waals surface area contributed by atoms with Gasteiger partial charge in [0.1, 0.15) is 11.4 Å². The highest BCUT2D eigenvalue weighted by Gasteiger charge is 2.52. The highest BCUT2D eigenvalue weighted by atomic mass is 16.5. The van der Waals surface area contributed by atoms with Crippen LogP contribution in [-0.2, 0) is 14.9 Å². The molecule has 37 heavy (non-hydrogen) atoms. The van der Waals surface area contributed by atoms with Gasteiger partial charge in [-0.3, -0.25) is 19.8 Å². The number of pyridine rings is 1. The molecule has 0 atom stereocenters. The van der Waals surface area contributed by atoms with E-state index >= 15 is 0 Å². The number of benzene rings is 1. The predicted octanol–water partition coefficient (Wildman–Crippen LogP) is 4.36. The van der Waals surface area contributed by atoms with Gasteiger partial charge in [0.2, 0.25) is 5.88 Å². The third-order valence-corrected chi connectivity index (χ3v) is 6.05. The third kappa shape index (κ3) is 5.77. The Labute approximate surface area is 216 Å². The third-order valence-electron chi connectivity index (χ3n) is 6.05. The van der Waals surface area contributed by atoms with E-state index in [1.165, 1.54) is 13.3 Å². The van der Waals surface area contributed by atoms with Gasteiger partial charge in [-0.1, -0.05) is 30.3 Å². The van der Waals surface area contributed by atoms with Crippen molar-refractivity contribution in [3.05, 3.63) is 72.4 Å². The van der Waals surface area contributed by atoms with Crippen LogP contribution in [0.2, 0.25) is 0 Å². The van der Waals surface area contributed by atoms with Gasteiger partial charge in [0.15, 0.2) is 5.82 Å². The molecule has 1 saturated carbocycles. The van der Waals surface area contributed by atoms with Crippen molar-refractivity contribution >= 4 is 23.2 Å². The first-order valence-electron chi connectivity index (χ1n) is 12.0. The van der Waals surface area contributed by atoms with Gasteiger partial charge in [-0.25, -0.2) is 0 Å². The number of nitrogens with one attached hydrogen (secondary N) is 1. The topological polar surface area (TPSA) is 125 Å². The Kier molecular flexibility index (Phi) is 7.24. The quantitative estimate of drug-likeness (QED) is 0.279. The van der Waals surface area contributed by atoms with Crippen LogP contribution in [0, 0.1) is 0 Å². The number of aliphatic imine (C=N–C) groups is 1. The van der Waals surface area contributed by atoms with E-state index in [0.29, 0.717) is 28.8 Å². The lowest BCUT2D eigenvalue weighted by molar-refractivity contribution is -0.143.